The third kappa shape index (κ3) is 2.50. The van der Waals surface area contributed by atoms with Crippen LogP contribution in [0.4, 0.5) is 5.69 Å². The summed E-state index contributed by atoms with van der Waals surface area (Å²) in [7, 11) is 0. The Morgan fingerprint density at radius 2 is 2.13 bits per heavy atom. The molecule has 0 fully saturated rings. The number of benzene rings is 1. The number of fused-ring (bicyclic) bond motifs is 1. The van der Waals surface area contributed by atoms with Crippen molar-refractivity contribution in [3.8, 4) is 0 Å². The van der Waals surface area contributed by atoms with Crippen molar-refractivity contribution in [3.05, 3.63) is 30.5 Å². The number of hydrogen-bond acceptors (Lipinski definition) is 2. The summed E-state index contributed by atoms with van der Waals surface area (Å²) >= 11 is 0. The van der Waals surface area contributed by atoms with Gasteiger partial charge in [0.1, 0.15) is 0 Å². The van der Waals surface area contributed by atoms with E-state index in [0.29, 0.717) is 6.54 Å². The van der Waals surface area contributed by atoms with Gasteiger partial charge in [-0.15, -0.1) is 0 Å². The van der Waals surface area contributed by atoms with E-state index in [1.807, 2.05) is 24.4 Å². The predicted molar refractivity (Wildman–Crippen MR) is 63.1 cm³/mol. The van der Waals surface area contributed by atoms with Gasteiger partial charge in [-0.25, -0.2) is 0 Å². The standard InChI is InChI=1S/C12H16N2O/c1-12(2,15)8-14-10-3-4-11-9(7-10)5-6-13-11/h3-7,13-15H,8H2,1-2H3. The van der Waals surface area contributed by atoms with Crippen LogP contribution in [0.1, 0.15) is 13.8 Å². The number of aliphatic hydroxyl groups is 1. The van der Waals surface area contributed by atoms with Crippen LogP contribution in [0.3, 0.4) is 0 Å². The maximum Gasteiger partial charge on any atom is 0.0763 e. The molecule has 0 aliphatic rings. The van der Waals surface area contributed by atoms with E-state index >= 15 is 0 Å². The molecule has 2 aromatic rings. The van der Waals surface area contributed by atoms with Gasteiger partial charge in [0.05, 0.1) is 5.60 Å². The molecule has 1 aromatic carbocycles. The lowest BCUT2D eigenvalue weighted by Gasteiger charge is -2.18. The van der Waals surface area contributed by atoms with Gasteiger partial charge in [-0.05, 0) is 38.1 Å². The minimum Gasteiger partial charge on any atom is -0.389 e. The van der Waals surface area contributed by atoms with Crippen LogP contribution >= 0.6 is 0 Å². The maximum atomic E-state index is 9.58. The number of anilines is 1. The molecule has 15 heavy (non-hydrogen) atoms. The monoisotopic (exact) mass is 204 g/mol. The lowest BCUT2D eigenvalue weighted by atomic mass is 10.1. The average molecular weight is 204 g/mol. The highest BCUT2D eigenvalue weighted by Gasteiger charge is 2.11. The summed E-state index contributed by atoms with van der Waals surface area (Å²) in [6.07, 6.45) is 1.92. The highest BCUT2D eigenvalue weighted by atomic mass is 16.3. The topological polar surface area (TPSA) is 48.0 Å². The van der Waals surface area contributed by atoms with Crippen LogP contribution in [-0.4, -0.2) is 22.2 Å². The van der Waals surface area contributed by atoms with Crippen LogP contribution in [-0.2, 0) is 0 Å². The van der Waals surface area contributed by atoms with Crippen LogP contribution in [0.15, 0.2) is 30.5 Å². The Labute approximate surface area is 89.1 Å². The SMILES string of the molecule is CC(C)(O)CNc1ccc2[nH]ccc2c1. The second-order valence-corrected chi connectivity index (χ2v) is 4.45. The smallest absolute Gasteiger partial charge is 0.0763 e. The Hall–Kier alpha value is -1.48. The van der Waals surface area contributed by atoms with Gasteiger partial charge in [0, 0.05) is 29.3 Å². The highest BCUT2D eigenvalue weighted by molar-refractivity contribution is 5.82. The maximum absolute atomic E-state index is 9.58. The van der Waals surface area contributed by atoms with E-state index in [9.17, 15) is 5.11 Å². The van der Waals surface area contributed by atoms with Crippen molar-refractivity contribution in [2.75, 3.05) is 11.9 Å². The quantitative estimate of drug-likeness (QED) is 0.718. The Morgan fingerprint density at radius 3 is 2.87 bits per heavy atom. The van der Waals surface area contributed by atoms with E-state index in [0.717, 1.165) is 11.2 Å². The van der Waals surface area contributed by atoms with Gasteiger partial charge in [-0.1, -0.05) is 0 Å². The Kier molecular flexibility index (Phi) is 2.40. The third-order valence-electron chi connectivity index (χ3n) is 2.28. The van der Waals surface area contributed by atoms with Crippen LogP contribution in [0.25, 0.3) is 10.9 Å². The molecule has 0 unspecified atom stereocenters. The minimum atomic E-state index is -0.687. The fourth-order valence-corrected chi connectivity index (χ4v) is 1.48. The molecule has 3 nitrogen and oxygen atoms in total. The number of nitrogens with one attached hydrogen (secondary N) is 2. The molecule has 0 radical (unpaired) electrons. The summed E-state index contributed by atoms with van der Waals surface area (Å²) in [4.78, 5) is 3.14. The molecule has 0 spiro atoms. The summed E-state index contributed by atoms with van der Waals surface area (Å²) in [5.41, 5.74) is 1.47. The molecule has 0 bridgehead atoms. The van der Waals surface area contributed by atoms with Crippen molar-refractivity contribution in [2.24, 2.45) is 0 Å². The van der Waals surface area contributed by atoms with Crippen molar-refractivity contribution >= 4 is 16.6 Å². The molecule has 80 valence electrons. The zero-order chi connectivity index (χ0) is 10.9. The molecule has 0 aliphatic carbocycles. The highest BCUT2D eigenvalue weighted by Crippen LogP contribution is 2.18. The first-order valence-corrected chi connectivity index (χ1v) is 5.08. The summed E-state index contributed by atoms with van der Waals surface area (Å²) in [6, 6.07) is 8.13. The van der Waals surface area contributed by atoms with Crippen LogP contribution in [0.2, 0.25) is 0 Å². The van der Waals surface area contributed by atoms with E-state index in [2.05, 4.69) is 16.4 Å². The number of aromatic amines is 1. The first-order chi connectivity index (χ1) is 7.04. The molecule has 3 heteroatoms. The first-order valence-electron chi connectivity index (χ1n) is 5.08. The van der Waals surface area contributed by atoms with Crippen molar-refractivity contribution < 1.29 is 5.11 Å². The van der Waals surface area contributed by atoms with Crippen molar-refractivity contribution in [2.45, 2.75) is 19.4 Å². The summed E-state index contributed by atoms with van der Waals surface area (Å²) in [5, 5.41) is 14.0. The fraction of sp³-hybridized carbons (Fsp3) is 0.333. The van der Waals surface area contributed by atoms with Gasteiger partial charge in [-0.2, -0.15) is 0 Å². The summed E-state index contributed by atoms with van der Waals surface area (Å²) < 4.78 is 0. The number of H-pyrrole nitrogens is 1. The van der Waals surface area contributed by atoms with Crippen molar-refractivity contribution in [1.29, 1.82) is 0 Å². The van der Waals surface area contributed by atoms with E-state index in [4.69, 9.17) is 0 Å². The molecule has 2 rings (SSSR count). The Morgan fingerprint density at radius 1 is 1.33 bits per heavy atom. The third-order valence-corrected chi connectivity index (χ3v) is 2.28. The average Bonchev–Trinajstić information content (AvgIpc) is 2.60. The Balaban J connectivity index is 2.15. The zero-order valence-electron chi connectivity index (χ0n) is 9.04. The number of rotatable bonds is 3. The van der Waals surface area contributed by atoms with Gasteiger partial charge in [0.25, 0.3) is 0 Å². The molecule has 0 saturated carbocycles. The zero-order valence-corrected chi connectivity index (χ0v) is 9.04. The first kappa shape index (κ1) is 10.1. The van der Waals surface area contributed by atoms with Crippen LogP contribution < -0.4 is 5.32 Å². The molecule has 3 N–H and O–H groups in total. The summed E-state index contributed by atoms with van der Waals surface area (Å²) in [5.74, 6) is 0. The fourth-order valence-electron chi connectivity index (χ4n) is 1.48. The van der Waals surface area contributed by atoms with Gasteiger partial charge >= 0.3 is 0 Å². The molecule has 1 aromatic heterocycles. The lowest BCUT2D eigenvalue weighted by molar-refractivity contribution is 0.0945. The van der Waals surface area contributed by atoms with Crippen LogP contribution in [0, 0.1) is 0 Å². The Bertz CT molecular complexity index is 454. The lowest BCUT2D eigenvalue weighted by Crippen LogP contribution is -2.29. The van der Waals surface area contributed by atoms with Gasteiger partial charge in [-0.3, -0.25) is 0 Å². The summed E-state index contributed by atoms with van der Waals surface area (Å²) in [6.45, 7) is 4.12. The largest absolute Gasteiger partial charge is 0.389 e. The van der Waals surface area contributed by atoms with Gasteiger partial charge < -0.3 is 15.4 Å². The number of hydrogen-bond donors (Lipinski definition) is 3. The predicted octanol–water partition coefficient (Wildman–Crippen LogP) is 2.35. The van der Waals surface area contributed by atoms with E-state index in [1.165, 1.54) is 5.39 Å². The van der Waals surface area contributed by atoms with E-state index < -0.39 is 5.60 Å². The number of aromatic nitrogens is 1. The molecule has 0 amide bonds. The molecule has 0 atom stereocenters. The molecule has 0 aliphatic heterocycles. The normalized spacial score (nSPS) is 11.9. The minimum absolute atomic E-state index is 0.545. The second-order valence-electron chi connectivity index (χ2n) is 4.45. The van der Waals surface area contributed by atoms with Crippen LogP contribution in [0.5, 0.6) is 0 Å². The molecule has 1 heterocycles. The molecular formula is C12H16N2O. The van der Waals surface area contributed by atoms with Gasteiger partial charge in [0.2, 0.25) is 0 Å². The second kappa shape index (κ2) is 3.59. The van der Waals surface area contributed by atoms with Crippen molar-refractivity contribution in [1.82, 2.24) is 4.98 Å². The van der Waals surface area contributed by atoms with Crippen molar-refractivity contribution in [3.63, 3.8) is 0 Å². The van der Waals surface area contributed by atoms with Gasteiger partial charge in [0.15, 0.2) is 0 Å². The van der Waals surface area contributed by atoms with E-state index in [-0.39, 0.29) is 0 Å². The van der Waals surface area contributed by atoms with E-state index in [1.54, 1.807) is 13.8 Å². The molecular weight excluding hydrogens is 188 g/mol. The molecule has 0 saturated heterocycles.